The highest BCUT2D eigenvalue weighted by molar-refractivity contribution is 6.91. The van der Waals surface area contributed by atoms with Crippen LogP contribution in [0.5, 0.6) is 0 Å². The molecule has 1 saturated heterocycles. The van der Waals surface area contributed by atoms with Crippen LogP contribution in [0.4, 0.5) is 0 Å². The van der Waals surface area contributed by atoms with Gasteiger partial charge in [-0.3, -0.25) is 4.79 Å². The van der Waals surface area contributed by atoms with Crippen molar-refractivity contribution < 1.29 is 9.53 Å². The summed E-state index contributed by atoms with van der Waals surface area (Å²) < 4.78 is 6.09. The highest BCUT2D eigenvalue weighted by Gasteiger charge is 2.48. The van der Waals surface area contributed by atoms with Crippen LogP contribution in [0.1, 0.15) is 39.0 Å². The van der Waals surface area contributed by atoms with Crippen molar-refractivity contribution in [2.45, 2.75) is 63.8 Å². The number of benzene rings is 1. The zero-order chi connectivity index (χ0) is 16.4. The Morgan fingerprint density at radius 2 is 1.87 bits per heavy atom. The van der Waals surface area contributed by atoms with Gasteiger partial charge in [0.1, 0.15) is 5.78 Å². The average Bonchev–Trinajstić information content (AvgIpc) is 2.56. The van der Waals surface area contributed by atoms with Gasteiger partial charge in [-0.05, 0) is 37.1 Å². The molecule has 0 N–H and O–H groups in total. The molecule has 1 aliphatic heterocycles. The first-order valence-corrected chi connectivity index (χ1v) is 12.3. The van der Waals surface area contributed by atoms with Gasteiger partial charge >= 0.3 is 0 Å². The zero-order valence-electron chi connectivity index (χ0n) is 14.8. The summed E-state index contributed by atoms with van der Waals surface area (Å²) in [5.41, 5.74) is 0.504. The molecule has 4 atom stereocenters. The fourth-order valence-corrected chi connectivity index (χ4v) is 8.48. The third-order valence-electron chi connectivity index (χ3n) is 6.07. The highest BCUT2D eigenvalue weighted by Crippen LogP contribution is 2.45. The summed E-state index contributed by atoms with van der Waals surface area (Å²) in [7, 11) is -1.71. The van der Waals surface area contributed by atoms with Crippen molar-refractivity contribution in [2.75, 3.05) is 6.61 Å². The molecule has 1 heterocycles. The summed E-state index contributed by atoms with van der Waals surface area (Å²) in [6, 6.07) is 10.9. The van der Waals surface area contributed by atoms with Crippen LogP contribution in [0.2, 0.25) is 18.6 Å². The lowest BCUT2D eigenvalue weighted by Crippen LogP contribution is -2.55. The minimum atomic E-state index is -1.71. The minimum Gasteiger partial charge on any atom is -0.377 e. The first-order chi connectivity index (χ1) is 11.0. The van der Waals surface area contributed by atoms with Crippen LogP contribution >= 0.6 is 0 Å². The minimum absolute atomic E-state index is 0.133. The van der Waals surface area contributed by atoms with E-state index < -0.39 is 8.07 Å². The summed E-state index contributed by atoms with van der Waals surface area (Å²) in [4.78, 5) is 12.9. The van der Waals surface area contributed by atoms with Crippen LogP contribution in [0.25, 0.3) is 0 Å². The second kappa shape index (κ2) is 6.90. The second-order valence-corrected chi connectivity index (χ2v) is 12.9. The van der Waals surface area contributed by atoms with Gasteiger partial charge in [0.05, 0.1) is 14.2 Å². The van der Waals surface area contributed by atoms with E-state index >= 15 is 0 Å². The van der Waals surface area contributed by atoms with E-state index in [1.807, 2.05) is 0 Å². The van der Waals surface area contributed by atoms with Gasteiger partial charge in [-0.2, -0.15) is 0 Å². The van der Waals surface area contributed by atoms with Crippen molar-refractivity contribution in [3.8, 4) is 0 Å². The second-order valence-electron chi connectivity index (χ2n) is 8.14. The largest absolute Gasteiger partial charge is 0.377 e. The van der Waals surface area contributed by atoms with Crippen molar-refractivity contribution in [3.63, 3.8) is 0 Å². The first kappa shape index (κ1) is 16.9. The molecule has 2 nitrogen and oxygen atoms in total. The van der Waals surface area contributed by atoms with Crippen LogP contribution < -0.4 is 5.19 Å². The Bertz CT molecular complexity index is 534. The lowest BCUT2D eigenvalue weighted by molar-refractivity contribution is -0.133. The van der Waals surface area contributed by atoms with Crippen molar-refractivity contribution in [1.82, 2.24) is 0 Å². The van der Waals surface area contributed by atoms with Crippen LogP contribution in [0.15, 0.2) is 30.3 Å². The molecule has 0 spiro atoms. The van der Waals surface area contributed by atoms with Crippen LogP contribution in [-0.4, -0.2) is 26.6 Å². The normalized spacial score (nSPS) is 32.7. The molecule has 3 rings (SSSR count). The smallest absolute Gasteiger partial charge is 0.138 e. The Hall–Kier alpha value is -0.933. The molecule has 23 heavy (non-hydrogen) atoms. The molecule has 2 fully saturated rings. The maximum absolute atomic E-state index is 12.9. The Balaban J connectivity index is 1.93. The van der Waals surface area contributed by atoms with Gasteiger partial charge in [0.25, 0.3) is 0 Å². The quantitative estimate of drug-likeness (QED) is 0.778. The number of rotatable bonds is 3. The standard InChI is InChI=1S/C20H30O2Si/c1-15-13-17(21)20(18-11-7-8-12-22-18)19(14-15)23(2,3)16-9-5-4-6-10-16/h4-6,9-10,15,18-20H,7-8,11-14H2,1-3H3/t15-,18?,19?,20?/m0/s1. The lowest BCUT2D eigenvalue weighted by Gasteiger charge is -2.46. The molecular formula is C20H30O2Si. The highest BCUT2D eigenvalue weighted by atomic mass is 28.3. The third kappa shape index (κ3) is 3.46. The van der Waals surface area contributed by atoms with Crippen molar-refractivity contribution in [2.24, 2.45) is 11.8 Å². The Morgan fingerprint density at radius 3 is 2.52 bits per heavy atom. The van der Waals surface area contributed by atoms with Crippen molar-refractivity contribution in [3.05, 3.63) is 30.3 Å². The van der Waals surface area contributed by atoms with Gasteiger partial charge < -0.3 is 4.74 Å². The van der Waals surface area contributed by atoms with Gasteiger partial charge in [0.15, 0.2) is 0 Å². The first-order valence-electron chi connectivity index (χ1n) is 9.20. The summed E-state index contributed by atoms with van der Waals surface area (Å²) in [5, 5.41) is 1.48. The van der Waals surface area contributed by atoms with E-state index in [1.165, 1.54) is 18.0 Å². The molecule has 1 aromatic carbocycles. The average molecular weight is 331 g/mol. The number of Topliss-reactive ketones (excluding diaryl/α,β-unsaturated/α-hetero) is 1. The van der Waals surface area contributed by atoms with Gasteiger partial charge in [-0.25, -0.2) is 0 Å². The number of hydrogen-bond donors (Lipinski definition) is 0. The van der Waals surface area contributed by atoms with Crippen LogP contribution in [0.3, 0.4) is 0 Å². The molecule has 2 aliphatic rings. The van der Waals surface area contributed by atoms with Gasteiger partial charge in [-0.1, -0.05) is 55.5 Å². The topological polar surface area (TPSA) is 26.3 Å². The predicted octanol–water partition coefficient (Wildman–Crippen LogP) is 4.16. The third-order valence-corrected chi connectivity index (χ3v) is 10.3. The molecule has 3 heteroatoms. The summed E-state index contributed by atoms with van der Waals surface area (Å²) >= 11 is 0. The van der Waals surface area contributed by atoms with E-state index in [1.54, 1.807) is 0 Å². The number of ketones is 1. The van der Waals surface area contributed by atoms with Crippen LogP contribution in [-0.2, 0) is 9.53 Å². The van der Waals surface area contributed by atoms with Crippen LogP contribution in [0, 0.1) is 11.8 Å². The van der Waals surface area contributed by atoms with E-state index in [0.717, 1.165) is 25.9 Å². The molecule has 0 radical (unpaired) electrons. The molecule has 0 aromatic heterocycles. The zero-order valence-corrected chi connectivity index (χ0v) is 15.8. The van der Waals surface area contributed by atoms with Gasteiger partial charge in [0.2, 0.25) is 0 Å². The Labute approximate surface area is 141 Å². The Morgan fingerprint density at radius 1 is 1.13 bits per heavy atom. The molecule has 0 bridgehead atoms. The molecule has 1 saturated carbocycles. The molecule has 1 aliphatic carbocycles. The molecule has 0 amide bonds. The SMILES string of the molecule is C[C@H]1CC(=O)C(C2CCCCO2)C([Si](C)(C)c2ccccc2)C1. The van der Waals surface area contributed by atoms with E-state index in [2.05, 4.69) is 50.3 Å². The van der Waals surface area contributed by atoms with Crippen molar-refractivity contribution >= 4 is 19.0 Å². The molecule has 126 valence electrons. The molecule has 3 unspecified atom stereocenters. The number of carbonyl (C=O) groups is 1. The predicted molar refractivity (Wildman–Crippen MR) is 97.8 cm³/mol. The van der Waals surface area contributed by atoms with E-state index in [0.29, 0.717) is 17.2 Å². The van der Waals surface area contributed by atoms with E-state index in [9.17, 15) is 4.79 Å². The maximum atomic E-state index is 12.9. The fourth-order valence-electron chi connectivity index (χ4n) is 4.71. The van der Waals surface area contributed by atoms with Crippen molar-refractivity contribution in [1.29, 1.82) is 0 Å². The lowest BCUT2D eigenvalue weighted by atomic mass is 9.77. The number of carbonyl (C=O) groups excluding carboxylic acids is 1. The van der Waals surface area contributed by atoms with Gasteiger partial charge in [0, 0.05) is 18.9 Å². The monoisotopic (exact) mass is 330 g/mol. The van der Waals surface area contributed by atoms with Gasteiger partial charge in [-0.15, -0.1) is 0 Å². The summed E-state index contributed by atoms with van der Waals surface area (Å²) in [6.07, 6.45) is 5.54. The van der Waals surface area contributed by atoms with E-state index in [4.69, 9.17) is 4.74 Å². The number of ether oxygens (including phenoxy) is 1. The Kier molecular flexibility index (Phi) is 5.07. The maximum Gasteiger partial charge on any atom is 0.138 e. The summed E-state index contributed by atoms with van der Waals surface area (Å²) in [5.74, 6) is 1.12. The fraction of sp³-hybridized carbons (Fsp3) is 0.650. The number of hydrogen-bond acceptors (Lipinski definition) is 2. The molecule has 1 aromatic rings. The van der Waals surface area contributed by atoms with E-state index in [-0.39, 0.29) is 12.0 Å². The molecular weight excluding hydrogens is 300 g/mol. The summed E-state index contributed by atoms with van der Waals surface area (Å²) in [6.45, 7) is 7.99.